The highest BCUT2D eigenvalue weighted by Gasteiger charge is 2.35. The molecule has 0 fully saturated rings. The van der Waals surface area contributed by atoms with E-state index in [2.05, 4.69) is 6.92 Å². The molecule has 222 valence electrons. The molecule has 1 amide bonds. The monoisotopic (exact) mass is 564 g/mol. The number of carbonyl (C=O) groups excluding carboxylic acids is 2. The average molecular weight is 565 g/mol. The summed E-state index contributed by atoms with van der Waals surface area (Å²) in [5, 5.41) is 27.0. The lowest BCUT2D eigenvalue weighted by Crippen LogP contribution is -2.50. The van der Waals surface area contributed by atoms with Crippen molar-refractivity contribution in [2.45, 2.75) is 134 Å². The molecule has 0 aliphatic rings. The minimum Gasteiger partial charge on any atom is -0.549 e. The van der Waals surface area contributed by atoms with E-state index in [1.807, 2.05) is 0 Å². The molecule has 0 radical (unpaired) electrons. The molecule has 0 saturated heterocycles. The van der Waals surface area contributed by atoms with Crippen LogP contribution in [0.15, 0.2) is 0 Å². The van der Waals surface area contributed by atoms with Crippen LogP contribution in [0.1, 0.15) is 122 Å². The SMILES string of the molecule is CCCCCCCCCCCCCCCCCCN(C(=O)CC(C(=O)[O-])S(=O)(=O)O)C(CC(=O)O)C(=O)O. The second-order valence-corrected chi connectivity index (χ2v) is 11.5. The van der Waals surface area contributed by atoms with E-state index in [0.717, 1.165) is 25.7 Å². The first-order chi connectivity index (χ1) is 17.9. The van der Waals surface area contributed by atoms with Crippen LogP contribution in [0.5, 0.6) is 0 Å². The molecule has 0 aromatic carbocycles. The molecule has 0 aromatic heterocycles. The van der Waals surface area contributed by atoms with Gasteiger partial charge in [0.15, 0.2) is 0 Å². The van der Waals surface area contributed by atoms with Crippen molar-refractivity contribution in [1.82, 2.24) is 4.90 Å². The van der Waals surface area contributed by atoms with Crippen LogP contribution in [0.4, 0.5) is 0 Å². The summed E-state index contributed by atoms with van der Waals surface area (Å²) in [6.07, 6.45) is 15.6. The minimum absolute atomic E-state index is 0.188. The van der Waals surface area contributed by atoms with Gasteiger partial charge in [-0.05, 0) is 6.42 Å². The number of carboxylic acids is 3. The summed E-state index contributed by atoms with van der Waals surface area (Å²) in [6.45, 7) is 2.03. The lowest BCUT2D eigenvalue weighted by atomic mass is 10.0. The van der Waals surface area contributed by atoms with E-state index in [1.165, 1.54) is 64.2 Å². The zero-order chi connectivity index (χ0) is 29.0. The Hall–Kier alpha value is -2.21. The van der Waals surface area contributed by atoms with Crippen molar-refractivity contribution in [2.24, 2.45) is 0 Å². The molecule has 2 unspecified atom stereocenters. The summed E-state index contributed by atoms with van der Waals surface area (Å²) in [7, 11) is -5.19. The molecule has 0 aliphatic carbocycles. The summed E-state index contributed by atoms with van der Waals surface area (Å²) < 4.78 is 31.6. The van der Waals surface area contributed by atoms with Crippen LogP contribution in [0.2, 0.25) is 0 Å². The number of carbonyl (C=O) groups is 4. The molecule has 0 spiro atoms. The van der Waals surface area contributed by atoms with E-state index in [-0.39, 0.29) is 6.54 Å². The van der Waals surface area contributed by atoms with E-state index in [1.54, 1.807) is 0 Å². The Morgan fingerprint density at radius 1 is 0.711 bits per heavy atom. The van der Waals surface area contributed by atoms with Gasteiger partial charge in [0.05, 0.1) is 18.8 Å². The van der Waals surface area contributed by atoms with E-state index in [0.29, 0.717) is 17.7 Å². The van der Waals surface area contributed by atoms with Crippen molar-refractivity contribution in [3.63, 3.8) is 0 Å². The van der Waals surface area contributed by atoms with Crippen LogP contribution in [-0.2, 0) is 29.3 Å². The van der Waals surface area contributed by atoms with Gasteiger partial charge in [-0.3, -0.25) is 14.1 Å². The molecular weight excluding hydrogens is 518 g/mol. The number of hydrogen-bond donors (Lipinski definition) is 3. The Bertz CT molecular complexity index is 815. The Balaban J connectivity index is 4.47. The maximum atomic E-state index is 12.6. The number of hydrogen-bond acceptors (Lipinski definition) is 7. The second kappa shape index (κ2) is 20.7. The van der Waals surface area contributed by atoms with Gasteiger partial charge in [-0.25, -0.2) is 4.79 Å². The Morgan fingerprint density at radius 3 is 1.42 bits per heavy atom. The quantitative estimate of drug-likeness (QED) is 0.109. The number of rotatable bonds is 25. The van der Waals surface area contributed by atoms with Crippen LogP contribution in [0, 0.1) is 0 Å². The van der Waals surface area contributed by atoms with Crippen LogP contribution >= 0.6 is 0 Å². The molecule has 0 bridgehead atoms. The predicted molar refractivity (Wildman–Crippen MR) is 140 cm³/mol. The summed E-state index contributed by atoms with van der Waals surface area (Å²) in [5.41, 5.74) is 0. The van der Waals surface area contributed by atoms with Crippen molar-refractivity contribution < 1.29 is 47.5 Å². The zero-order valence-electron chi connectivity index (χ0n) is 22.6. The molecule has 0 rings (SSSR count). The smallest absolute Gasteiger partial charge is 0.327 e. The third-order valence-electron chi connectivity index (χ3n) is 6.58. The zero-order valence-corrected chi connectivity index (χ0v) is 23.5. The number of amides is 1. The van der Waals surface area contributed by atoms with Gasteiger partial charge in [0, 0.05) is 6.54 Å². The maximum absolute atomic E-state index is 12.6. The van der Waals surface area contributed by atoms with Gasteiger partial charge in [0.1, 0.15) is 11.3 Å². The number of nitrogens with zero attached hydrogens (tertiary/aromatic N) is 1. The van der Waals surface area contributed by atoms with Gasteiger partial charge in [-0.2, -0.15) is 8.42 Å². The largest absolute Gasteiger partial charge is 0.549 e. The molecule has 0 aliphatic heterocycles. The number of aliphatic carboxylic acids is 3. The highest BCUT2D eigenvalue weighted by Crippen LogP contribution is 2.16. The van der Waals surface area contributed by atoms with Gasteiger partial charge >= 0.3 is 11.9 Å². The molecule has 0 aromatic rings. The molecule has 3 N–H and O–H groups in total. The van der Waals surface area contributed by atoms with Crippen molar-refractivity contribution >= 4 is 33.9 Å². The third-order valence-corrected chi connectivity index (χ3v) is 7.66. The lowest BCUT2D eigenvalue weighted by molar-refractivity contribution is -0.305. The van der Waals surface area contributed by atoms with E-state index in [4.69, 9.17) is 9.66 Å². The van der Waals surface area contributed by atoms with Crippen molar-refractivity contribution in [3.05, 3.63) is 0 Å². The molecule has 12 heteroatoms. The summed E-state index contributed by atoms with van der Waals surface area (Å²) >= 11 is 0. The Morgan fingerprint density at radius 2 is 1.11 bits per heavy atom. The molecular formula is C26H46NO10S-. The lowest BCUT2D eigenvalue weighted by Gasteiger charge is -2.29. The molecule has 0 heterocycles. The summed E-state index contributed by atoms with van der Waals surface area (Å²) in [5.74, 6) is -6.53. The van der Waals surface area contributed by atoms with Crippen LogP contribution < -0.4 is 5.11 Å². The first-order valence-corrected chi connectivity index (χ1v) is 15.3. The van der Waals surface area contributed by atoms with Gasteiger partial charge in [0.25, 0.3) is 10.1 Å². The summed E-state index contributed by atoms with van der Waals surface area (Å²) in [6, 6.07) is -1.81. The third kappa shape index (κ3) is 17.3. The summed E-state index contributed by atoms with van der Waals surface area (Å²) in [4.78, 5) is 47.1. The second-order valence-electron chi connectivity index (χ2n) is 9.87. The molecule has 38 heavy (non-hydrogen) atoms. The topological polar surface area (TPSA) is 189 Å². The van der Waals surface area contributed by atoms with Crippen molar-refractivity contribution in [1.29, 1.82) is 0 Å². The normalized spacial score (nSPS) is 13.1. The van der Waals surface area contributed by atoms with Gasteiger partial charge in [-0.15, -0.1) is 0 Å². The van der Waals surface area contributed by atoms with E-state index >= 15 is 0 Å². The number of carboxylic acid groups (broad SMARTS) is 3. The fourth-order valence-electron chi connectivity index (χ4n) is 4.37. The van der Waals surface area contributed by atoms with E-state index in [9.17, 15) is 37.8 Å². The fraction of sp³-hybridized carbons (Fsp3) is 0.846. The molecule has 0 saturated carbocycles. The standard InChI is InChI=1S/C26H47NO10S/c1-2-3-4-5-6-7-8-9-10-11-12-13-14-15-16-17-18-27(21(25(31)32)19-24(29)30)23(28)20-22(26(33)34)38(35,36)37/h21-22H,2-20H2,1H3,(H,29,30)(H,31,32)(H,33,34)(H,35,36,37)/p-1. The van der Waals surface area contributed by atoms with Crippen molar-refractivity contribution in [2.75, 3.05) is 6.54 Å². The average Bonchev–Trinajstić information content (AvgIpc) is 2.82. The number of unbranched alkanes of at least 4 members (excludes halogenated alkanes) is 15. The highest BCUT2D eigenvalue weighted by atomic mass is 32.2. The van der Waals surface area contributed by atoms with Crippen molar-refractivity contribution in [3.8, 4) is 0 Å². The Kier molecular flexibility index (Phi) is 19.5. The molecule has 2 atom stereocenters. The van der Waals surface area contributed by atoms with Crippen LogP contribution in [-0.4, -0.2) is 69.7 Å². The Labute approximate surface area is 226 Å². The highest BCUT2D eigenvalue weighted by molar-refractivity contribution is 7.87. The first kappa shape index (κ1) is 35.8. The van der Waals surface area contributed by atoms with Gasteiger partial charge in [0.2, 0.25) is 5.91 Å². The fourth-order valence-corrected chi connectivity index (χ4v) is 4.96. The van der Waals surface area contributed by atoms with Crippen LogP contribution in [0.3, 0.4) is 0 Å². The van der Waals surface area contributed by atoms with Gasteiger partial charge < -0.3 is 25.0 Å². The van der Waals surface area contributed by atoms with Gasteiger partial charge in [-0.1, -0.05) is 103 Å². The molecule has 11 nitrogen and oxygen atoms in total. The first-order valence-electron chi connectivity index (χ1n) is 13.8. The minimum atomic E-state index is -5.19. The predicted octanol–water partition coefficient (Wildman–Crippen LogP) is 3.40. The van der Waals surface area contributed by atoms with Crippen LogP contribution in [0.25, 0.3) is 0 Å². The maximum Gasteiger partial charge on any atom is 0.327 e. The van der Waals surface area contributed by atoms with E-state index < -0.39 is 58.1 Å².